The van der Waals surface area contributed by atoms with Crippen molar-refractivity contribution in [2.75, 3.05) is 13.1 Å². The number of piperazine rings is 1. The molecule has 0 bridgehead atoms. The summed E-state index contributed by atoms with van der Waals surface area (Å²) in [6.45, 7) is 4.96. The summed E-state index contributed by atoms with van der Waals surface area (Å²) in [7, 11) is 0. The zero-order valence-electron chi connectivity index (χ0n) is 14.2. The number of nitrogens with zero attached hydrogens (tertiary/aromatic N) is 1. The Hall–Kier alpha value is -0.0800. The van der Waals surface area contributed by atoms with Gasteiger partial charge in [0.25, 0.3) is 0 Å². The molecule has 2 heteroatoms. The van der Waals surface area contributed by atoms with Crippen molar-refractivity contribution in [2.24, 2.45) is 0 Å². The van der Waals surface area contributed by atoms with Crippen molar-refractivity contribution >= 4 is 0 Å². The molecule has 1 aliphatic heterocycles. The average Bonchev–Trinajstić information content (AvgIpc) is 2.79. The third kappa shape index (κ3) is 3.82. The maximum absolute atomic E-state index is 4.01. The van der Waals surface area contributed by atoms with Gasteiger partial charge in [0, 0.05) is 30.7 Å². The van der Waals surface area contributed by atoms with Crippen LogP contribution in [0.5, 0.6) is 0 Å². The summed E-state index contributed by atoms with van der Waals surface area (Å²) in [6.07, 6.45) is 18.8. The van der Waals surface area contributed by atoms with Gasteiger partial charge in [-0.3, -0.25) is 4.90 Å². The Morgan fingerprint density at radius 3 is 2.29 bits per heavy atom. The van der Waals surface area contributed by atoms with Crippen molar-refractivity contribution in [3.63, 3.8) is 0 Å². The van der Waals surface area contributed by atoms with E-state index in [4.69, 9.17) is 0 Å². The third-order valence-electron chi connectivity index (χ3n) is 6.39. The van der Waals surface area contributed by atoms with Crippen LogP contribution in [0.25, 0.3) is 0 Å². The number of nitrogens with one attached hydrogen (secondary N) is 1. The van der Waals surface area contributed by atoms with E-state index in [0.717, 1.165) is 12.1 Å². The summed E-state index contributed by atoms with van der Waals surface area (Å²) >= 11 is 0. The molecule has 122 valence electrons. The Bertz CT molecular complexity index is 301. The van der Waals surface area contributed by atoms with Crippen LogP contribution in [-0.2, 0) is 0 Å². The molecule has 1 saturated heterocycles. The molecule has 3 aliphatic rings. The summed E-state index contributed by atoms with van der Waals surface area (Å²) in [4.78, 5) is 2.98. The van der Waals surface area contributed by atoms with Crippen LogP contribution in [0, 0.1) is 0 Å². The van der Waals surface area contributed by atoms with Gasteiger partial charge < -0.3 is 5.32 Å². The second-order valence-corrected chi connectivity index (χ2v) is 7.98. The first kappa shape index (κ1) is 15.8. The van der Waals surface area contributed by atoms with Crippen LogP contribution in [0.15, 0.2) is 0 Å². The van der Waals surface area contributed by atoms with Crippen LogP contribution < -0.4 is 5.32 Å². The molecule has 0 aromatic carbocycles. The Balaban J connectivity index is 1.70. The second-order valence-electron chi connectivity index (χ2n) is 7.98. The van der Waals surface area contributed by atoms with Gasteiger partial charge in [0.15, 0.2) is 0 Å². The molecular weight excluding hydrogens is 256 g/mol. The van der Waals surface area contributed by atoms with Crippen LogP contribution >= 0.6 is 0 Å². The van der Waals surface area contributed by atoms with Crippen LogP contribution in [0.4, 0.5) is 0 Å². The number of hydrogen-bond donors (Lipinski definition) is 1. The van der Waals surface area contributed by atoms with Crippen LogP contribution in [0.2, 0.25) is 0 Å². The molecule has 3 fully saturated rings. The van der Waals surface area contributed by atoms with Gasteiger partial charge in [-0.25, -0.2) is 0 Å². The molecule has 1 heterocycles. The average molecular weight is 293 g/mol. The molecular formula is C19H36N2. The molecule has 1 unspecified atom stereocenters. The predicted octanol–water partition coefficient (Wildman–Crippen LogP) is 4.49. The summed E-state index contributed by atoms with van der Waals surface area (Å²) in [5.41, 5.74) is 0.481. The van der Waals surface area contributed by atoms with Crippen molar-refractivity contribution in [2.45, 2.75) is 108 Å². The lowest BCUT2D eigenvalue weighted by Gasteiger charge is -2.52. The van der Waals surface area contributed by atoms with Gasteiger partial charge in [-0.15, -0.1) is 0 Å². The first-order chi connectivity index (χ1) is 10.3. The van der Waals surface area contributed by atoms with Gasteiger partial charge in [-0.05, 0) is 32.1 Å². The number of rotatable bonds is 3. The minimum Gasteiger partial charge on any atom is -0.308 e. The first-order valence-corrected chi connectivity index (χ1v) is 9.84. The zero-order chi connectivity index (χ0) is 14.5. The van der Waals surface area contributed by atoms with Crippen LogP contribution in [0.1, 0.15) is 90.4 Å². The summed E-state index contributed by atoms with van der Waals surface area (Å²) < 4.78 is 0. The fraction of sp³-hybridized carbons (Fsp3) is 1.00. The summed E-state index contributed by atoms with van der Waals surface area (Å²) in [5, 5.41) is 4.01. The van der Waals surface area contributed by atoms with Gasteiger partial charge in [0.05, 0.1) is 0 Å². The number of hydrogen-bond acceptors (Lipinski definition) is 2. The van der Waals surface area contributed by atoms with Crippen LogP contribution in [0.3, 0.4) is 0 Å². The SMILES string of the molecule is CCCC1CNC2(CCCCC2)CN1C1CCCCCC1. The van der Waals surface area contributed by atoms with E-state index in [-0.39, 0.29) is 0 Å². The van der Waals surface area contributed by atoms with E-state index in [9.17, 15) is 0 Å². The fourth-order valence-corrected chi connectivity index (χ4v) is 5.17. The highest BCUT2D eigenvalue weighted by Gasteiger charge is 2.41. The minimum atomic E-state index is 0.481. The maximum Gasteiger partial charge on any atom is 0.0309 e. The predicted molar refractivity (Wildman–Crippen MR) is 90.7 cm³/mol. The monoisotopic (exact) mass is 292 g/mol. The van der Waals surface area contributed by atoms with E-state index < -0.39 is 0 Å². The summed E-state index contributed by atoms with van der Waals surface area (Å²) in [6, 6.07) is 1.70. The quantitative estimate of drug-likeness (QED) is 0.771. The smallest absolute Gasteiger partial charge is 0.0309 e. The Morgan fingerprint density at radius 1 is 0.952 bits per heavy atom. The highest BCUT2D eigenvalue weighted by atomic mass is 15.3. The molecule has 0 aromatic heterocycles. The van der Waals surface area contributed by atoms with E-state index >= 15 is 0 Å². The highest BCUT2D eigenvalue weighted by molar-refractivity contribution is 5.01. The summed E-state index contributed by atoms with van der Waals surface area (Å²) in [5.74, 6) is 0. The lowest BCUT2D eigenvalue weighted by molar-refractivity contribution is 0.0155. The molecule has 1 N–H and O–H groups in total. The van der Waals surface area contributed by atoms with Crippen molar-refractivity contribution in [1.29, 1.82) is 0 Å². The topological polar surface area (TPSA) is 15.3 Å². The molecule has 1 atom stereocenters. The Labute approximate surface area is 132 Å². The van der Waals surface area contributed by atoms with E-state index in [2.05, 4.69) is 17.1 Å². The second kappa shape index (κ2) is 7.46. The molecule has 2 aliphatic carbocycles. The normalized spacial score (nSPS) is 32.1. The molecule has 3 rings (SSSR count). The van der Waals surface area contributed by atoms with Gasteiger partial charge in [0.2, 0.25) is 0 Å². The standard InChI is InChI=1S/C19H36N2/c1-2-10-18-15-20-19(13-8-5-9-14-19)16-21(18)17-11-6-3-4-7-12-17/h17-18,20H,2-16H2,1H3. The van der Waals surface area contributed by atoms with Crippen molar-refractivity contribution in [3.8, 4) is 0 Å². The van der Waals surface area contributed by atoms with Gasteiger partial charge in [-0.1, -0.05) is 58.3 Å². The van der Waals surface area contributed by atoms with Crippen molar-refractivity contribution < 1.29 is 0 Å². The van der Waals surface area contributed by atoms with E-state index in [1.807, 2.05) is 0 Å². The van der Waals surface area contributed by atoms with Crippen molar-refractivity contribution in [1.82, 2.24) is 10.2 Å². The molecule has 2 saturated carbocycles. The van der Waals surface area contributed by atoms with Crippen LogP contribution in [-0.4, -0.2) is 35.6 Å². The van der Waals surface area contributed by atoms with Gasteiger partial charge in [-0.2, -0.15) is 0 Å². The molecule has 0 amide bonds. The lowest BCUT2D eigenvalue weighted by atomic mass is 9.78. The molecule has 0 radical (unpaired) electrons. The zero-order valence-corrected chi connectivity index (χ0v) is 14.2. The van der Waals surface area contributed by atoms with E-state index in [1.165, 1.54) is 96.6 Å². The molecule has 2 nitrogen and oxygen atoms in total. The van der Waals surface area contributed by atoms with Gasteiger partial charge >= 0.3 is 0 Å². The Morgan fingerprint density at radius 2 is 1.62 bits per heavy atom. The molecule has 0 aromatic rings. The highest BCUT2D eigenvalue weighted by Crippen LogP contribution is 2.35. The Kier molecular flexibility index (Phi) is 5.61. The molecule has 1 spiro atoms. The first-order valence-electron chi connectivity index (χ1n) is 9.84. The van der Waals surface area contributed by atoms with Gasteiger partial charge in [0.1, 0.15) is 0 Å². The maximum atomic E-state index is 4.01. The van der Waals surface area contributed by atoms with E-state index in [0.29, 0.717) is 5.54 Å². The lowest BCUT2D eigenvalue weighted by Crippen LogP contribution is -2.66. The molecule has 21 heavy (non-hydrogen) atoms. The van der Waals surface area contributed by atoms with Crippen molar-refractivity contribution in [3.05, 3.63) is 0 Å². The minimum absolute atomic E-state index is 0.481. The fourth-order valence-electron chi connectivity index (χ4n) is 5.17. The third-order valence-corrected chi connectivity index (χ3v) is 6.39. The van der Waals surface area contributed by atoms with E-state index in [1.54, 1.807) is 0 Å². The largest absolute Gasteiger partial charge is 0.308 e.